The van der Waals surface area contributed by atoms with Gasteiger partial charge in [0.2, 0.25) is 0 Å². The molecule has 0 radical (unpaired) electrons. The molecule has 0 aliphatic rings. The van der Waals surface area contributed by atoms with Crippen molar-refractivity contribution in [3.8, 4) is 0 Å². The standard InChI is InChI=1S/C17H21N3O2/c1-3-22-16(14-7-5-4-6-8-14)12-19-17(21)20-15-9-10-18-11-13(15)2/h4-11,16H,3,12H2,1-2H3,(H2,18,19,20,21)/t16-/m0/s1. The molecule has 0 saturated heterocycles. The van der Waals surface area contributed by atoms with Crippen LogP contribution in [0.5, 0.6) is 0 Å². The number of pyridine rings is 1. The third kappa shape index (κ3) is 4.56. The van der Waals surface area contributed by atoms with Gasteiger partial charge in [-0.15, -0.1) is 0 Å². The molecule has 0 aliphatic carbocycles. The Morgan fingerprint density at radius 2 is 2.05 bits per heavy atom. The number of anilines is 1. The number of urea groups is 1. The van der Waals surface area contributed by atoms with E-state index in [-0.39, 0.29) is 12.1 Å². The molecule has 0 spiro atoms. The summed E-state index contributed by atoms with van der Waals surface area (Å²) in [5.74, 6) is 0. The van der Waals surface area contributed by atoms with Gasteiger partial charge in [-0.25, -0.2) is 4.79 Å². The summed E-state index contributed by atoms with van der Waals surface area (Å²) < 4.78 is 5.70. The summed E-state index contributed by atoms with van der Waals surface area (Å²) in [6, 6.07) is 11.4. The lowest BCUT2D eigenvalue weighted by molar-refractivity contribution is 0.0643. The van der Waals surface area contributed by atoms with Gasteiger partial charge in [0.1, 0.15) is 0 Å². The average molecular weight is 299 g/mol. The number of rotatable bonds is 6. The molecule has 2 N–H and O–H groups in total. The Kier molecular flexibility index (Phi) is 5.91. The van der Waals surface area contributed by atoms with Gasteiger partial charge in [0.05, 0.1) is 6.10 Å². The van der Waals surface area contributed by atoms with Gasteiger partial charge in [-0.2, -0.15) is 0 Å². The topological polar surface area (TPSA) is 63.2 Å². The molecule has 0 aliphatic heterocycles. The van der Waals surface area contributed by atoms with Crippen LogP contribution >= 0.6 is 0 Å². The largest absolute Gasteiger partial charge is 0.372 e. The minimum Gasteiger partial charge on any atom is -0.372 e. The Hall–Kier alpha value is -2.40. The molecule has 1 aromatic heterocycles. The minimum atomic E-state index is -0.255. The number of hydrogen-bond acceptors (Lipinski definition) is 3. The van der Waals surface area contributed by atoms with E-state index >= 15 is 0 Å². The van der Waals surface area contributed by atoms with Crippen LogP contribution in [0.2, 0.25) is 0 Å². The van der Waals surface area contributed by atoms with Gasteiger partial charge in [-0.1, -0.05) is 30.3 Å². The van der Waals surface area contributed by atoms with E-state index in [4.69, 9.17) is 4.74 Å². The summed E-state index contributed by atoms with van der Waals surface area (Å²) >= 11 is 0. The molecule has 0 saturated carbocycles. The molecule has 22 heavy (non-hydrogen) atoms. The first-order chi connectivity index (χ1) is 10.7. The molecule has 1 atom stereocenters. The number of nitrogens with one attached hydrogen (secondary N) is 2. The van der Waals surface area contributed by atoms with Crippen LogP contribution in [0.25, 0.3) is 0 Å². The van der Waals surface area contributed by atoms with E-state index in [0.29, 0.717) is 13.2 Å². The van der Waals surface area contributed by atoms with Crippen LogP contribution in [0.1, 0.15) is 24.2 Å². The van der Waals surface area contributed by atoms with Gasteiger partial charge in [-0.05, 0) is 31.0 Å². The van der Waals surface area contributed by atoms with Gasteiger partial charge in [-0.3, -0.25) is 4.98 Å². The zero-order valence-corrected chi connectivity index (χ0v) is 12.9. The van der Waals surface area contributed by atoms with Crippen molar-refractivity contribution in [2.75, 3.05) is 18.5 Å². The molecule has 0 unspecified atom stereocenters. The third-order valence-electron chi connectivity index (χ3n) is 3.26. The van der Waals surface area contributed by atoms with E-state index in [0.717, 1.165) is 16.8 Å². The number of nitrogens with zero attached hydrogens (tertiary/aromatic N) is 1. The van der Waals surface area contributed by atoms with Crippen molar-refractivity contribution < 1.29 is 9.53 Å². The van der Waals surface area contributed by atoms with Gasteiger partial charge < -0.3 is 15.4 Å². The monoisotopic (exact) mass is 299 g/mol. The number of carbonyl (C=O) groups is 1. The maximum atomic E-state index is 12.0. The van der Waals surface area contributed by atoms with Gasteiger partial charge >= 0.3 is 6.03 Å². The Bertz CT molecular complexity index is 602. The normalized spacial score (nSPS) is 11.7. The lowest BCUT2D eigenvalue weighted by atomic mass is 10.1. The van der Waals surface area contributed by atoms with Gasteiger partial charge in [0, 0.05) is 31.2 Å². The highest BCUT2D eigenvalue weighted by Crippen LogP contribution is 2.16. The second-order valence-corrected chi connectivity index (χ2v) is 4.88. The Morgan fingerprint density at radius 3 is 2.73 bits per heavy atom. The summed E-state index contributed by atoms with van der Waals surface area (Å²) in [5.41, 5.74) is 2.71. The lowest BCUT2D eigenvalue weighted by Crippen LogP contribution is -2.33. The maximum absolute atomic E-state index is 12.0. The van der Waals surface area contributed by atoms with Crippen molar-refractivity contribution in [1.82, 2.24) is 10.3 Å². The van der Waals surface area contributed by atoms with E-state index in [1.54, 1.807) is 18.5 Å². The highest BCUT2D eigenvalue weighted by atomic mass is 16.5. The highest BCUT2D eigenvalue weighted by molar-refractivity contribution is 5.89. The molecular formula is C17H21N3O2. The second kappa shape index (κ2) is 8.14. The van der Waals surface area contributed by atoms with E-state index in [1.807, 2.05) is 44.2 Å². The average Bonchev–Trinajstić information content (AvgIpc) is 2.54. The summed E-state index contributed by atoms with van der Waals surface area (Å²) in [6.45, 7) is 4.84. The molecule has 2 amide bonds. The molecule has 5 nitrogen and oxygen atoms in total. The first kappa shape index (κ1) is 16.0. The van der Waals surface area contributed by atoms with Crippen LogP contribution in [-0.4, -0.2) is 24.2 Å². The lowest BCUT2D eigenvalue weighted by Gasteiger charge is -2.18. The number of ether oxygens (including phenoxy) is 1. The molecular weight excluding hydrogens is 278 g/mol. The Morgan fingerprint density at radius 1 is 1.27 bits per heavy atom. The number of aromatic nitrogens is 1. The zero-order chi connectivity index (χ0) is 15.8. The fourth-order valence-electron chi connectivity index (χ4n) is 2.11. The van der Waals surface area contributed by atoms with Crippen molar-refractivity contribution >= 4 is 11.7 Å². The summed E-state index contributed by atoms with van der Waals surface area (Å²) in [4.78, 5) is 16.0. The van der Waals surface area contributed by atoms with Crippen molar-refractivity contribution in [1.29, 1.82) is 0 Å². The number of aryl methyl sites for hydroxylation is 1. The summed E-state index contributed by atoms with van der Waals surface area (Å²) in [6.07, 6.45) is 3.20. The highest BCUT2D eigenvalue weighted by Gasteiger charge is 2.13. The quantitative estimate of drug-likeness (QED) is 0.860. The maximum Gasteiger partial charge on any atom is 0.319 e. The van der Waals surface area contributed by atoms with Crippen molar-refractivity contribution in [3.63, 3.8) is 0 Å². The van der Waals surface area contributed by atoms with Crippen LogP contribution in [0.3, 0.4) is 0 Å². The van der Waals surface area contributed by atoms with Crippen LogP contribution in [0.4, 0.5) is 10.5 Å². The third-order valence-corrected chi connectivity index (χ3v) is 3.26. The first-order valence-electron chi connectivity index (χ1n) is 7.32. The van der Waals surface area contributed by atoms with Crippen LogP contribution in [-0.2, 0) is 4.74 Å². The van der Waals surface area contributed by atoms with Crippen LogP contribution in [0, 0.1) is 6.92 Å². The fourth-order valence-corrected chi connectivity index (χ4v) is 2.11. The fraction of sp³-hybridized carbons (Fsp3) is 0.294. The van der Waals surface area contributed by atoms with Crippen molar-refractivity contribution in [2.45, 2.75) is 20.0 Å². The minimum absolute atomic E-state index is 0.157. The summed E-state index contributed by atoms with van der Waals surface area (Å²) in [5, 5.41) is 5.66. The molecule has 116 valence electrons. The van der Waals surface area contributed by atoms with E-state index in [1.165, 1.54) is 0 Å². The molecule has 2 aromatic rings. The van der Waals surface area contributed by atoms with E-state index in [2.05, 4.69) is 15.6 Å². The molecule has 0 fully saturated rings. The Labute approximate surface area is 130 Å². The first-order valence-corrected chi connectivity index (χ1v) is 7.32. The number of benzene rings is 1. The molecule has 5 heteroatoms. The molecule has 2 rings (SSSR count). The van der Waals surface area contributed by atoms with Crippen molar-refractivity contribution in [2.24, 2.45) is 0 Å². The molecule has 0 bridgehead atoms. The predicted octanol–water partition coefficient (Wildman–Crippen LogP) is 3.29. The van der Waals surface area contributed by atoms with Crippen LogP contribution in [0.15, 0.2) is 48.8 Å². The molecule has 1 aromatic carbocycles. The SMILES string of the molecule is CCO[C@@H](CNC(=O)Nc1ccncc1C)c1ccccc1. The zero-order valence-electron chi connectivity index (χ0n) is 12.9. The van der Waals surface area contributed by atoms with E-state index in [9.17, 15) is 4.79 Å². The van der Waals surface area contributed by atoms with Gasteiger partial charge in [0.25, 0.3) is 0 Å². The number of carbonyl (C=O) groups excluding carboxylic acids is 1. The van der Waals surface area contributed by atoms with E-state index < -0.39 is 0 Å². The predicted molar refractivity (Wildman–Crippen MR) is 86.8 cm³/mol. The second-order valence-electron chi connectivity index (χ2n) is 4.88. The summed E-state index contributed by atoms with van der Waals surface area (Å²) in [7, 11) is 0. The van der Waals surface area contributed by atoms with Crippen LogP contribution < -0.4 is 10.6 Å². The Balaban J connectivity index is 1.92. The van der Waals surface area contributed by atoms with Crippen molar-refractivity contribution in [3.05, 3.63) is 59.9 Å². The number of hydrogen-bond donors (Lipinski definition) is 2. The van der Waals surface area contributed by atoms with Gasteiger partial charge in [0.15, 0.2) is 0 Å². The molecule has 1 heterocycles. The number of amides is 2. The smallest absolute Gasteiger partial charge is 0.319 e.